The number of ether oxygens (including phenoxy) is 2. The highest BCUT2D eigenvalue weighted by Crippen LogP contribution is 2.58. The van der Waals surface area contributed by atoms with E-state index in [1.54, 1.807) is 6.08 Å². The van der Waals surface area contributed by atoms with Crippen molar-refractivity contribution in [3.8, 4) is 0 Å². The predicted octanol–water partition coefficient (Wildman–Crippen LogP) is 2.58. The Labute approximate surface area is 125 Å². The third-order valence-corrected chi connectivity index (χ3v) is 5.44. The Kier molecular flexibility index (Phi) is 3.30. The smallest absolute Gasteiger partial charge is 0.333 e. The van der Waals surface area contributed by atoms with E-state index in [9.17, 15) is 9.90 Å². The second-order valence-electron chi connectivity index (χ2n) is 7.02. The van der Waals surface area contributed by atoms with Crippen molar-refractivity contribution >= 4 is 5.97 Å². The van der Waals surface area contributed by atoms with E-state index < -0.39 is 5.79 Å². The van der Waals surface area contributed by atoms with E-state index in [1.165, 1.54) is 0 Å². The van der Waals surface area contributed by atoms with Crippen molar-refractivity contribution in [1.82, 2.24) is 0 Å². The highest BCUT2D eigenvalue weighted by molar-refractivity contribution is 5.87. The summed E-state index contributed by atoms with van der Waals surface area (Å²) in [6, 6.07) is 0. The second kappa shape index (κ2) is 4.68. The molecule has 0 saturated heterocycles. The van der Waals surface area contributed by atoms with E-state index in [2.05, 4.69) is 19.9 Å². The number of rotatable bonds is 2. The molecule has 0 aromatic rings. The first-order valence-corrected chi connectivity index (χ1v) is 7.76. The van der Waals surface area contributed by atoms with E-state index in [0.29, 0.717) is 18.9 Å². The van der Waals surface area contributed by atoms with Gasteiger partial charge in [0.05, 0.1) is 6.10 Å². The van der Waals surface area contributed by atoms with Crippen LogP contribution in [0.4, 0.5) is 0 Å². The quantitative estimate of drug-likeness (QED) is 0.628. The Hall–Kier alpha value is -1.13. The lowest BCUT2D eigenvalue weighted by Crippen LogP contribution is -2.53. The van der Waals surface area contributed by atoms with Crippen molar-refractivity contribution < 1.29 is 19.4 Å². The largest absolute Gasteiger partial charge is 0.426 e. The number of esters is 1. The summed E-state index contributed by atoms with van der Waals surface area (Å²) in [5.41, 5.74) is 1.71. The van der Waals surface area contributed by atoms with Gasteiger partial charge in [-0.25, -0.2) is 4.79 Å². The first-order valence-electron chi connectivity index (χ1n) is 7.76. The van der Waals surface area contributed by atoms with Gasteiger partial charge in [-0.2, -0.15) is 0 Å². The molecule has 0 amide bonds. The Morgan fingerprint density at radius 3 is 2.86 bits per heavy atom. The highest BCUT2D eigenvalue weighted by atomic mass is 16.7. The van der Waals surface area contributed by atoms with Crippen LogP contribution in [0.2, 0.25) is 0 Å². The van der Waals surface area contributed by atoms with Crippen LogP contribution < -0.4 is 0 Å². The normalized spacial score (nSPS) is 40.8. The summed E-state index contributed by atoms with van der Waals surface area (Å²) in [6.45, 7) is 8.65. The average molecular weight is 292 g/mol. The molecule has 1 fully saturated rings. The first kappa shape index (κ1) is 14.8. The average Bonchev–Trinajstić information content (AvgIpc) is 2.71. The van der Waals surface area contributed by atoms with Crippen LogP contribution in [-0.2, 0) is 14.3 Å². The fraction of sp³-hybridized carbons (Fsp3) is 0.706. The van der Waals surface area contributed by atoms with Gasteiger partial charge in [-0.1, -0.05) is 19.9 Å². The molecule has 0 aromatic carbocycles. The van der Waals surface area contributed by atoms with Crippen molar-refractivity contribution in [1.29, 1.82) is 0 Å². The van der Waals surface area contributed by atoms with Crippen LogP contribution in [0.25, 0.3) is 0 Å². The van der Waals surface area contributed by atoms with Crippen LogP contribution in [0.3, 0.4) is 0 Å². The number of aliphatic hydroxyl groups excluding tert-OH is 1. The maximum Gasteiger partial charge on any atom is 0.333 e. The van der Waals surface area contributed by atoms with E-state index in [1.807, 2.05) is 13.8 Å². The van der Waals surface area contributed by atoms with Gasteiger partial charge < -0.3 is 14.6 Å². The lowest BCUT2D eigenvalue weighted by Gasteiger charge is -2.53. The molecule has 0 bridgehead atoms. The molecule has 4 nitrogen and oxygen atoms in total. The summed E-state index contributed by atoms with van der Waals surface area (Å²) in [7, 11) is 0. The third-order valence-electron chi connectivity index (χ3n) is 5.44. The molecular weight excluding hydrogens is 268 g/mol. The molecule has 1 heterocycles. The highest BCUT2D eigenvalue weighted by Gasteiger charge is 2.59. The second-order valence-corrected chi connectivity index (χ2v) is 7.02. The number of aliphatic hydroxyl groups is 1. The summed E-state index contributed by atoms with van der Waals surface area (Å²) in [6.07, 6.45) is 4.74. The van der Waals surface area contributed by atoms with Gasteiger partial charge in [0.1, 0.15) is 0 Å². The van der Waals surface area contributed by atoms with Crippen LogP contribution in [0.15, 0.2) is 23.3 Å². The van der Waals surface area contributed by atoms with Gasteiger partial charge >= 0.3 is 5.97 Å². The molecule has 21 heavy (non-hydrogen) atoms. The summed E-state index contributed by atoms with van der Waals surface area (Å²) >= 11 is 0. The molecule has 1 aliphatic heterocycles. The van der Waals surface area contributed by atoms with Gasteiger partial charge in [-0.05, 0) is 43.1 Å². The minimum absolute atomic E-state index is 0.234. The Balaban J connectivity index is 2.07. The molecule has 0 aromatic heterocycles. The number of hydrogen-bond acceptors (Lipinski definition) is 4. The van der Waals surface area contributed by atoms with Crippen molar-refractivity contribution in [2.75, 3.05) is 6.61 Å². The molecule has 2 aliphatic carbocycles. The van der Waals surface area contributed by atoms with Gasteiger partial charge in [0.2, 0.25) is 5.79 Å². The van der Waals surface area contributed by atoms with Crippen molar-refractivity contribution in [2.24, 2.45) is 17.3 Å². The molecule has 0 unspecified atom stereocenters. The summed E-state index contributed by atoms with van der Waals surface area (Å²) in [4.78, 5) is 11.9. The molecule has 4 atom stereocenters. The van der Waals surface area contributed by atoms with E-state index in [-0.39, 0.29) is 23.4 Å². The van der Waals surface area contributed by atoms with E-state index >= 15 is 0 Å². The number of allylic oxidation sites excluding steroid dienone is 1. The fourth-order valence-corrected chi connectivity index (χ4v) is 4.41. The third kappa shape index (κ3) is 2.08. The maximum absolute atomic E-state index is 11.9. The molecule has 1 N–H and O–H groups in total. The molecule has 3 aliphatic rings. The van der Waals surface area contributed by atoms with E-state index in [4.69, 9.17) is 9.47 Å². The zero-order valence-electron chi connectivity index (χ0n) is 13.2. The van der Waals surface area contributed by atoms with Gasteiger partial charge in [-0.3, -0.25) is 0 Å². The van der Waals surface area contributed by atoms with Crippen molar-refractivity contribution in [3.63, 3.8) is 0 Å². The maximum atomic E-state index is 11.9. The summed E-state index contributed by atoms with van der Waals surface area (Å²) in [5.74, 6) is -0.662. The van der Waals surface area contributed by atoms with Crippen molar-refractivity contribution in [2.45, 2.75) is 52.4 Å². The Bertz CT molecular complexity index is 531. The zero-order valence-corrected chi connectivity index (χ0v) is 13.2. The lowest BCUT2D eigenvalue weighted by molar-refractivity contribution is -0.224. The molecule has 116 valence electrons. The zero-order chi connectivity index (χ0) is 15.4. The number of carbonyl (C=O) groups excluding carboxylic acids is 1. The van der Waals surface area contributed by atoms with Crippen LogP contribution in [-0.4, -0.2) is 29.6 Å². The topological polar surface area (TPSA) is 55.8 Å². The molecule has 1 saturated carbocycles. The van der Waals surface area contributed by atoms with Gasteiger partial charge in [0, 0.05) is 24.7 Å². The molecular formula is C17H24O4. The number of hydrogen-bond donors (Lipinski definition) is 1. The molecule has 0 spiro atoms. The minimum Gasteiger partial charge on any atom is -0.426 e. The van der Waals surface area contributed by atoms with Crippen LogP contribution in [0.1, 0.15) is 40.5 Å². The first-order chi connectivity index (χ1) is 9.80. The predicted molar refractivity (Wildman–Crippen MR) is 78.3 cm³/mol. The van der Waals surface area contributed by atoms with Crippen LogP contribution >= 0.6 is 0 Å². The monoisotopic (exact) mass is 292 g/mol. The fourth-order valence-electron chi connectivity index (χ4n) is 4.41. The SMILES string of the molecule is CCO[C@@]12C[C@@H]3C=C(C)[C@H](O)C[C@@H]3C(C)(C)C1=CC(=O)O2. The molecule has 4 heteroatoms. The standard InChI is InChI=1S/C17H24O4/c1-5-20-17-9-11-6-10(2)13(18)7-12(11)16(3,4)14(17)8-15(19)21-17/h6,8,11-13,18H,5,7,9H2,1-4H3/t11-,12-,13+,17+/m0/s1. The Morgan fingerprint density at radius 1 is 1.48 bits per heavy atom. The minimum atomic E-state index is -0.907. The Morgan fingerprint density at radius 2 is 2.19 bits per heavy atom. The summed E-state index contributed by atoms with van der Waals surface area (Å²) < 4.78 is 11.5. The molecule has 0 radical (unpaired) electrons. The number of fused-ring (bicyclic) bond motifs is 2. The van der Waals surface area contributed by atoms with Crippen LogP contribution in [0.5, 0.6) is 0 Å². The summed E-state index contributed by atoms with van der Waals surface area (Å²) in [5, 5.41) is 10.2. The van der Waals surface area contributed by atoms with Crippen molar-refractivity contribution in [3.05, 3.63) is 23.3 Å². The van der Waals surface area contributed by atoms with E-state index in [0.717, 1.165) is 17.6 Å². The van der Waals surface area contributed by atoms with Gasteiger partial charge in [-0.15, -0.1) is 0 Å². The molecule has 3 rings (SSSR count). The lowest BCUT2D eigenvalue weighted by atomic mass is 9.55. The number of carbonyl (C=O) groups is 1. The van der Waals surface area contributed by atoms with Gasteiger partial charge in [0.15, 0.2) is 0 Å². The van der Waals surface area contributed by atoms with Gasteiger partial charge in [0.25, 0.3) is 0 Å². The van der Waals surface area contributed by atoms with Crippen LogP contribution in [0, 0.1) is 17.3 Å².